The summed E-state index contributed by atoms with van der Waals surface area (Å²) in [6.45, 7) is 4.07. The molecule has 0 radical (unpaired) electrons. The van der Waals surface area contributed by atoms with Crippen molar-refractivity contribution in [3.63, 3.8) is 0 Å². The van der Waals surface area contributed by atoms with Crippen molar-refractivity contribution in [1.29, 1.82) is 0 Å². The molecule has 144 valence electrons. The number of unbranched alkanes of at least 4 members (excludes halogenated alkanes) is 1. The van der Waals surface area contributed by atoms with Crippen LogP contribution in [-0.2, 0) is 26.6 Å². The summed E-state index contributed by atoms with van der Waals surface area (Å²) in [5, 5.41) is 1.87. The second-order valence-electron chi connectivity index (χ2n) is 6.04. The molecule has 0 aliphatic carbocycles. The summed E-state index contributed by atoms with van der Waals surface area (Å²) in [7, 11) is -7.36. The van der Waals surface area contributed by atoms with Crippen molar-refractivity contribution in [3.8, 4) is 0 Å². The molecule has 1 atom stereocenters. The van der Waals surface area contributed by atoms with Gasteiger partial charge in [0.2, 0.25) is 20.0 Å². The first-order valence-corrected chi connectivity index (χ1v) is 12.2. The van der Waals surface area contributed by atoms with Crippen LogP contribution in [0.2, 0.25) is 0 Å². The first-order chi connectivity index (χ1) is 12.2. The Kier molecular flexibility index (Phi) is 7.36. The van der Waals surface area contributed by atoms with E-state index in [0.717, 1.165) is 24.1 Å². The smallest absolute Gasteiger partial charge is 0.208 e. The standard InChI is InChI=1S/C17H24N2O4S3/c1-3-4-6-14(2)19-26(22,23)17-10-8-16(9-11-17)25(20,21)18-13-15-7-5-12-24-15/h5,7-12,14,18-19H,3-4,6,13H2,1-2H3. The zero-order valence-corrected chi connectivity index (χ0v) is 17.3. The second kappa shape index (κ2) is 9.09. The summed E-state index contributed by atoms with van der Waals surface area (Å²) in [6, 6.07) is 8.76. The van der Waals surface area contributed by atoms with Crippen LogP contribution in [0.15, 0.2) is 51.6 Å². The number of rotatable bonds is 10. The average Bonchev–Trinajstić information content (AvgIpc) is 3.11. The van der Waals surface area contributed by atoms with Crippen molar-refractivity contribution in [1.82, 2.24) is 9.44 Å². The Morgan fingerprint density at radius 3 is 2.15 bits per heavy atom. The molecule has 26 heavy (non-hydrogen) atoms. The third-order valence-corrected chi connectivity index (χ3v) is 7.71. The second-order valence-corrected chi connectivity index (χ2v) is 10.6. The number of thiophene rings is 1. The normalized spacial score (nSPS) is 13.6. The molecule has 2 aromatic rings. The lowest BCUT2D eigenvalue weighted by atomic mass is 10.2. The van der Waals surface area contributed by atoms with Crippen molar-refractivity contribution >= 4 is 31.4 Å². The summed E-state index contributed by atoms with van der Waals surface area (Å²) in [4.78, 5) is 0.989. The highest BCUT2D eigenvalue weighted by Crippen LogP contribution is 2.16. The van der Waals surface area contributed by atoms with Crippen molar-refractivity contribution < 1.29 is 16.8 Å². The number of hydrogen-bond donors (Lipinski definition) is 2. The van der Waals surface area contributed by atoms with Crippen molar-refractivity contribution in [2.24, 2.45) is 0 Å². The molecule has 2 N–H and O–H groups in total. The van der Waals surface area contributed by atoms with Gasteiger partial charge >= 0.3 is 0 Å². The predicted molar refractivity (Wildman–Crippen MR) is 104 cm³/mol. The molecule has 0 aliphatic rings. The van der Waals surface area contributed by atoms with Crippen LogP contribution >= 0.6 is 11.3 Å². The highest BCUT2D eigenvalue weighted by atomic mass is 32.2. The van der Waals surface area contributed by atoms with Crippen molar-refractivity contribution in [2.75, 3.05) is 0 Å². The summed E-state index contributed by atoms with van der Waals surface area (Å²) in [6.07, 6.45) is 2.70. The molecule has 1 aromatic carbocycles. The maximum Gasteiger partial charge on any atom is 0.240 e. The van der Waals surface area contributed by atoms with Gasteiger partial charge in [-0.2, -0.15) is 0 Å². The van der Waals surface area contributed by atoms with Gasteiger partial charge in [-0.25, -0.2) is 26.3 Å². The van der Waals surface area contributed by atoms with Gasteiger partial charge in [0.15, 0.2) is 0 Å². The number of benzene rings is 1. The predicted octanol–water partition coefficient (Wildman–Crippen LogP) is 3.08. The minimum Gasteiger partial charge on any atom is -0.208 e. The van der Waals surface area contributed by atoms with Crippen LogP contribution in [0.5, 0.6) is 0 Å². The van der Waals surface area contributed by atoms with Gasteiger partial charge in [-0.05, 0) is 49.1 Å². The highest BCUT2D eigenvalue weighted by molar-refractivity contribution is 7.90. The van der Waals surface area contributed by atoms with Crippen LogP contribution in [0.4, 0.5) is 0 Å². The lowest BCUT2D eigenvalue weighted by Gasteiger charge is -2.14. The Labute approximate surface area is 159 Å². The van der Waals surface area contributed by atoms with E-state index < -0.39 is 20.0 Å². The molecule has 0 amide bonds. The summed E-state index contributed by atoms with van der Waals surface area (Å²) >= 11 is 1.46. The molecule has 0 fully saturated rings. The third-order valence-electron chi connectivity index (χ3n) is 3.81. The molecule has 0 spiro atoms. The van der Waals surface area contributed by atoms with Gasteiger partial charge in [-0.1, -0.05) is 25.8 Å². The molecule has 0 aliphatic heterocycles. The van der Waals surface area contributed by atoms with Crippen LogP contribution in [0.3, 0.4) is 0 Å². The van der Waals surface area contributed by atoms with E-state index in [4.69, 9.17) is 0 Å². The fourth-order valence-electron chi connectivity index (χ4n) is 2.36. The van der Waals surface area contributed by atoms with Crippen LogP contribution in [0.1, 0.15) is 38.0 Å². The monoisotopic (exact) mass is 416 g/mol. The number of hydrogen-bond acceptors (Lipinski definition) is 5. The molecule has 2 rings (SSSR count). The zero-order chi connectivity index (χ0) is 19.2. The fraction of sp³-hybridized carbons (Fsp3) is 0.412. The van der Waals surface area contributed by atoms with Gasteiger partial charge in [0.05, 0.1) is 9.79 Å². The van der Waals surface area contributed by atoms with Crippen LogP contribution in [-0.4, -0.2) is 22.9 Å². The summed E-state index contributed by atoms with van der Waals surface area (Å²) in [5.41, 5.74) is 0. The van der Waals surface area contributed by atoms with Crippen molar-refractivity contribution in [2.45, 2.75) is 55.5 Å². The van der Waals surface area contributed by atoms with Gasteiger partial charge in [0, 0.05) is 17.5 Å². The van der Waals surface area contributed by atoms with E-state index in [1.165, 1.54) is 35.6 Å². The molecule has 0 bridgehead atoms. The fourth-order valence-corrected chi connectivity index (χ4v) is 5.38. The molecular weight excluding hydrogens is 392 g/mol. The molecule has 1 heterocycles. The number of sulfonamides is 2. The minimum absolute atomic E-state index is 0.0343. The van der Waals surface area contributed by atoms with Crippen LogP contribution < -0.4 is 9.44 Å². The summed E-state index contributed by atoms with van der Waals surface area (Å²) < 4.78 is 54.5. The van der Waals surface area contributed by atoms with Crippen LogP contribution in [0.25, 0.3) is 0 Å². The minimum atomic E-state index is -3.69. The lowest BCUT2D eigenvalue weighted by molar-refractivity contribution is 0.534. The Hall–Kier alpha value is -1.26. The van der Waals surface area contributed by atoms with Crippen molar-refractivity contribution in [3.05, 3.63) is 46.7 Å². The van der Waals surface area contributed by atoms with Gasteiger partial charge < -0.3 is 0 Å². The first-order valence-electron chi connectivity index (χ1n) is 8.39. The van der Waals surface area contributed by atoms with Gasteiger partial charge in [-0.3, -0.25) is 0 Å². The van der Waals surface area contributed by atoms with Gasteiger partial charge in [0.25, 0.3) is 0 Å². The first kappa shape index (κ1) is 21.0. The van der Waals surface area contributed by atoms with Crippen LogP contribution in [0, 0.1) is 0 Å². The maximum absolute atomic E-state index is 12.4. The third kappa shape index (κ3) is 5.88. The van der Waals surface area contributed by atoms with E-state index >= 15 is 0 Å². The number of nitrogens with one attached hydrogen (secondary N) is 2. The Morgan fingerprint density at radius 2 is 1.62 bits per heavy atom. The highest BCUT2D eigenvalue weighted by Gasteiger charge is 2.19. The molecule has 0 saturated heterocycles. The van der Waals surface area contributed by atoms with E-state index in [1.807, 2.05) is 31.4 Å². The summed E-state index contributed by atoms with van der Waals surface area (Å²) in [5.74, 6) is 0. The molecule has 0 saturated carbocycles. The van der Waals surface area contributed by atoms with Gasteiger partial charge in [0.1, 0.15) is 0 Å². The average molecular weight is 417 g/mol. The Bertz CT molecular complexity index is 890. The molecule has 9 heteroatoms. The molecular formula is C17H24N2O4S3. The topological polar surface area (TPSA) is 92.3 Å². The maximum atomic E-state index is 12.4. The van der Waals surface area contributed by atoms with Gasteiger partial charge in [-0.15, -0.1) is 11.3 Å². The zero-order valence-electron chi connectivity index (χ0n) is 14.8. The largest absolute Gasteiger partial charge is 0.240 e. The van der Waals surface area contributed by atoms with E-state index in [1.54, 1.807) is 0 Å². The quantitative estimate of drug-likeness (QED) is 0.622. The van der Waals surface area contributed by atoms with E-state index in [0.29, 0.717) is 0 Å². The molecule has 1 aromatic heterocycles. The molecule has 6 nitrogen and oxygen atoms in total. The van der Waals surface area contributed by atoms with E-state index in [2.05, 4.69) is 9.44 Å². The SMILES string of the molecule is CCCCC(C)NS(=O)(=O)c1ccc(S(=O)(=O)NCc2cccs2)cc1. The lowest BCUT2D eigenvalue weighted by Crippen LogP contribution is -2.32. The van der Waals surface area contributed by atoms with E-state index in [9.17, 15) is 16.8 Å². The Balaban J connectivity index is 2.06. The molecule has 1 unspecified atom stereocenters. The van der Waals surface area contributed by atoms with E-state index in [-0.39, 0.29) is 22.4 Å². The Morgan fingerprint density at radius 1 is 1.00 bits per heavy atom.